The summed E-state index contributed by atoms with van der Waals surface area (Å²) in [6, 6.07) is 0. The third-order valence-corrected chi connectivity index (χ3v) is 0. The maximum absolute atomic E-state index is 8.56. The van der Waals surface area contributed by atoms with Crippen LogP contribution in [0.3, 0.4) is 0 Å². The Labute approximate surface area is 120 Å². The van der Waals surface area contributed by atoms with Crippen LogP contribution in [0.1, 0.15) is 0 Å². The van der Waals surface area contributed by atoms with Gasteiger partial charge in [-0.15, -0.1) is 0 Å². The van der Waals surface area contributed by atoms with Gasteiger partial charge >= 0.3 is 57.5 Å². The number of carbonyl (C=O) groups is 1. The smallest absolute Gasteiger partial charge is 0 e. The molecule has 0 fully saturated rings. The first-order valence-corrected chi connectivity index (χ1v) is 0.651. The minimum Gasteiger partial charge on any atom is 0 e. The van der Waals surface area contributed by atoms with E-state index in [9.17, 15) is 0 Å². The van der Waals surface area contributed by atoms with Crippen molar-refractivity contribution >= 4 is 57.5 Å². The average molecular weight is 275 g/mol. The Bertz CT molecular complexity index is 42.3. The SMILES string of the molecule is O=C(O)O.[Co].[KH].[Mn].[Ni]. The van der Waals surface area contributed by atoms with Crippen molar-refractivity contribution in [1.29, 1.82) is 0 Å². The second-order valence-corrected chi connectivity index (χ2v) is 0.283. The van der Waals surface area contributed by atoms with Gasteiger partial charge in [0.25, 0.3) is 0 Å². The molecular formula is CH3CoKMnNiO3. The van der Waals surface area contributed by atoms with E-state index in [0.717, 1.165) is 0 Å². The number of carboxylic acid groups (broad SMARTS) is 2. The van der Waals surface area contributed by atoms with Crippen molar-refractivity contribution in [3.05, 3.63) is 0 Å². The number of rotatable bonds is 0. The molecule has 2 radical (unpaired) electrons. The van der Waals surface area contributed by atoms with Crippen molar-refractivity contribution in [2.24, 2.45) is 0 Å². The van der Waals surface area contributed by atoms with Crippen LogP contribution in [-0.2, 0) is 50.3 Å². The van der Waals surface area contributed by atoms with Crippen LogP contribution >= 0.6 is 0 Å². The van der Waals surface area contributed by atoms with E-state index in [0.29, 0.717) is 0 Å². The predicted octanol–water partition coefficient (Wildman–Crippen LogP) is -0.434. The molecule has 7 heteroatoms. The fraction of sp³-hybridized carbons (Fsp3) is 0. The van der Waals surface area contributed by atoms with E-state index in [1.54, 1.807) is 0 Å². The van der Waals surface area contributed by atoms with Gasteiger partial charge < -0.3 is 10.2 Å². The van der Waals surface area contributed by atoms with Gasteiger partial charge in [0.2, 0.25) is 0 Å². The zero-order chi connectivity index (χ0) is 3.58. The summed E-state index contributed by atoms with van der Waals surface area (Å²) < 4.78 is 0. The minimum atomic E-state index is -1.83. The third-order valence-electron chi connectivity index (χ3n) is 0. The first kappa shape index (κ1) is 31.5. The van der Waals surface area contributed by atoms with Crippen LogP contribution in [-0.4, -0.2) is 67.8 Å². The van der Waals surface area contributed by atoms with E-state index in [2.05, 4.69) is 0 Å². The van der Waals surface area contributed by atoms with E-state index in [1.165, 1.54) is 0 Å². The van der Waals surface area contributed by atoms with Gasteiger partial charge in [0.1, 0.15) is 0 Å². The molecule has 0 saturated carbocycles. The molecule has 0 unspecified atom stereocenters. The molecular weight excluding hydrogens is 272 g/mol. The first-order valence-electron chi connectivity index (χ1n) is 0.651. The zero-order valence-electron chi connectivity index (χ0n) is 2.83. The van der Waals surface area contributed by atoms with E-state index in [-0.39, 0.29) is 102 Å². The Kier molecular flexibility index (Phi) is 89.4. The molecule has 2 N–H and O–H groups in total. The fourth-order valence-corrected chi connectivity index (χ4v) is 0. The van der Waals surface area contributed by atoms with Gasteiger partial charge in [0, 0.05) is 50.3 Å². The summed E-state index contributed by atoms with van der Waals surface area (Å²) in [7, 11) is 0. The van der Waals surface area contributed by atoms with E-state index in [1.807, 2.05) is 0 Å². The zero-order valence-corrected chi connectivity index (χ0v) is 6.04. The molecule has 52 valence electrons. The van der Waals surface area contributed by atoms with Gasteiger partial charge in [-0.3, -0.25) is 0 Å². The van der Waals surface area contributed by atoms with Crippen molar-refractivity contribution in [2.75, 3.05) is 0 Å². The Morgan fingerprint density at radius 2 is 1.25 bits per heavy atom. The van der Waals surface area contributed by atoms with Crippen LogP contribution in [0.15, 0.2) is 0 Å². The maximum atomic E-state index is 8.56. The van der Waals surface area contributed by atoms with Crippen molar-refractivity contribution in [3.63, 3.8) is 0 Å². The standard InChI is InChI=1S/CH2O3.Co.K.Mn.Ni.H/c2-1(3)4;;;;;/h(H2,2,3,4);;;;;. The molecule has 0 spiro atoms. The van der Waals surface area contributed by atoms with E-state index in [4.69, 9.17) is 15.0 Å². The summed E-state index contributed by atoms with van der Waals surface area (Å²) >= 11 is 0. The number of hydrogen-bond acceptors (Lipinski definition) is 1. The Morgan fingerprint density at radius 1 is 1.25 bits per heavy atom. The van der Waals surface area contributed by atoms with Crippen LogP contribution in [0.4, 0.5) is 4.79 Å². The van der Waals surface area contributed by atoms with Crippen molar-refractivity contribution in [2.45, 2.75) is 0 Å². The van der Waals surface area contributed by atoms with E-state index < -0.39 is 6.16 Å². The first-order chi connectivity index (χ1) is 1.73. The van der Waals surface area contributed by atoms with Crippen LogP contribution in [0.25, 0.3) is 0 Å². The van der Waals surface area contributed by atoms with Gasteiger partial charge in [-0.25, -0.2) is 4.79 Å². The largest absolute Gasteiger partial charge is 0 e. The van der Waals surface area contributed by atoms with Gasteiger partial charge in [0.15, 0.2) is 0 Å². The summed E-state index contributed by atoms with van der Waals surface area (Å²) in [5, 5.41) is 13.9. The van der Waals surface area contributed by atoms with Gasteiger partial charge in [0.05, 0.1) is 0 Å². The molecule has 0 aliphatic heterocycles. The Balaban J connectivity index is -0.00000000750. The molecule has 0 heterocycles. The average Bonchev–Trinajstić information content (AvgIpc) is 0.811. The molecule has 8 heavy (non-hydrogen) atoms. The van der Waals surface area contributed by atoms with Crippen molar-refractivity contribution in [1.82, 2.24) is 0 Å². The quantitative estimate of drug-likeness (QED) is 0.589. The van der Waals surface area contributed by atoms with Crippen LogP contribution < -0.4 is 0 Å². The monoisotopic (exact) mass is 274 g/mol. The minimum absolute atomic E-state index is 0. The summed E-state index contributed by atoms with van der Waals surface area (Å²) in [4.78, 5) is 8.56. The molecule has 0 aromatic rings. The van der Waals surface area contributed by atoms with Crippen LogP contribution in [0, 0.1) is 0 Å². The fourth-order valence-electron chi connectivity index (χ4n) is 0. The van der Waals surface area contributed by atoms with Crippen LogP contribution in [0.5, 0.6) is 0 Å². The molecule has 0 aliphatic carbocycles. The van der Waals surface area contributed by atoms with Crippen molar-refractivity contribution in [3.8, 4) is 0 Å². The topological polar surface area (TPSA) is 57.5 Å². The molecule has 0 rings (SSSR count). The van der Waals surface area contributed by atoms with E-state index >= 15 is 0 Å². The molecule has 3 nitrogen and oxygen atoms in total. The Morgan fingerprint density at radius 3 is 1.25 bits per heavy atom. The molecule has 0 saturated heterocycles. The van der Waals surface area contributed by atoms with Gasteiger partial charge in [-0.05, 0) is 0 Å². The summed E-state index contributed by atoms with van der Waals surface area (Å²) in [6.45, 7) is 0. The molecule has 0 atom stereocenters. The molecule has 0 amide bonds. The Hall–Kier alpha value is 2.43. The molecule has 0 aromatic heterocycles. The van der Waals surface area contributed by atoms with Crippen LogP contribution in [0.2, 0.25) is 0 Å². The van der Waals surface area contributed by atoms with Gasteiger partial charge in [-0.1, -0.05) is 0 Å². The third kappa shape index (κ3) is 79.0. The summed E-state index contributed by atoms with van der Waals surface area (Å²) in [5.41, 5.74) is 0. The molecule has 0 aliphatic rings. The normalized spacial score (nSPS) is 3.00. The second-order valence-electron chi connectivity index (χ2n) is 0.283. The summed E-state index contributed by atoms with van der Waals surface area (Å²) in [5.74, 6) is 0. The van der Waals surface area contributed by atoms with Gasteiger partial charge in [-0.2, -0.15) is 0 Å². The molecule has 0 aromatic carbocycles. The second kappa shape index (κ2) is 22.7. The number of hydrogen-bond donors (Lipinski definition) is 2. The summed E-state index contributed by atoms with van der Waals surface area (Å²) in [6.07, 6.45) is -1.83. The predicted molar refractivity (Wildman–Crippen MR) is 17.8 cm³/mol. The maximum Gasteiger partial charge on any atom is 0 e. The molecule has 0 bridgehead atoms. The van der Waals surface area contributed by atoms with Crippen molar-refractivity contribution < 1.29 is 65.3 Å².